The molecule has 220 valence electrons. The summed E-state index contributed by atoms with van der Waals surface area (Å²) in [5, 5.41) is 10.5. The van der Waals surface area contributed by atoms with Gasteiger partial charge in [0.2, 0.25) is 5.91 Å². The molecule has 2 N–H and O–H groups in total. The third kappa shape index (κ3) is 6.85. The topological polar surface area (TPSA) is 92.2 Å². The maximum absolute atomic E-state index is 13.6. The molecule has 41 heavy (non-hydrogen) atoms. The number of carbonyl (C=O) groups excluding carboxylic acids is 2. The molecule has 0 radical (unpaired) electrons. The van der Waals surface area contributed by atoms with Gasteiger partial charge in [0.1, 0.15) is 12.2 Å². The summed E-state index contributed by atoms with van der Waals surface area (Å²) in [7, 11) is 0. The van der Waals surface area contributed by atoms with Gasteiger partial charge >= 0.3 is 12.4 Å². The summed E-state index contributed by atoms with van der Waals surface area (Å²) in [6.45, 7) is 0.254. The van der Waals surface area contributed by atoms with Crippen LogP contribution < -0.4 is 10.6 Å². The van der Waals surface area contributed by atoms with Crippen molar-refractivity contribution >= 4 is 40.0 Å². The molecule has 0 bridgehead atoms. The summed E-state index contributed by atoms with van der Waals surface area (Å²) in [6.07, 6.45) is -6.52. The zero-order chi connectivity index (χ0) is 29.7. The number of nitrogens with one attached hydrogen (secondary N) is 2. The Morgan fingerprint density at radius 2 is 1.78 bits per heavy atom. The van der Waals surface area contributed by atoms with Crippen LogP contribution >= 0.6 is 11.6 Å². The van der Waals surface area contributed by atoms with Gasteiger partial charge in [-0.25, -0.2) is 4.98 Å². The summed E-state index contributed by atoms with van der Waals surface area (Å²) >= 11 is 6.10. The van der Waals surface area contributed by atoms with Gasteiger partial charge in [-0.2, -0.15) is 31.4 Å². The number of halogens is 7. The first-order valence-electron chi connectivity index (χ1n) is 12.8. The predicted octanol–water partition coefficient (Wildman–Crippen LogP) is 5.37. The van der Waals surface area contributed by atoms with E-state index >= 15 is 0 Å². The van der Waals surface area contributed by atoms with Gasteiger partial charge in [0.05, 0.1) is 16.8 Å². The molecule has 0 spiro atoms. The molecule has 1 saturated heterocycles. The molecule has 0 unspecified atom stereocenters. The lowest BCUT2D eigenvalue weighted by molar-refractivity contribution is -0.143. The summed E-state index contributed by atoms with van der Waals surface area (Å²) < 4.78 is 80.3. The number of hydrogen-bond acceptors (Lipinski definition) is 5. The minimum absolute atomic E-state index is 0.0331. The van der Waals surface area contributed by atoms with Crippen molar-refractivity contribution in [2.75, 3.05) is 18.4 Å². The number of aromatic nitrogens is 3. The first-order chi connectivity index (χ1) is 19.2. The zero-order valence-corrected chi connectivity index (χ0v) is 22.4. The fraction of sp³-hybridized carbons (Fsp3) is 0.462. The van der Waals surface area contributed by atoms with Crippen molar-refractivity contribution in [3.63, 3.8) is 0 Å². The van der Waals surface area contributed by atoms with Crippen molar-refractivity contribution in [3.8, 4) is 0 Å². The van der Waals surface area contributed by atoms with Crippen LogP contribution in [-0.4, -0.2) is 62.8 Å². The minimum Gasteiger partial charge on any atom is -0.380 e. The van der Waals surface area contributed by atoms with Gasteiger partial charge in [-0.3, -0.25) is 14.3 Å². The maximum Gasteiger partial charge on any atom is 0.433 e. The maximum atomic E-state index is 13.6. The van der Waals surface area contributed by atoms with Gasteiger partial charge in [0.15, 0.2) is 0 Å². The van der Waals surface area contributed by atoms with Crippen LogP contribution in [0.15, 0.2) is 30.5 Å². The summed E-state index contributed by atoms with van der Waals surface area (Å²) in [5.41, 5.74) is -0.609. The predicted molar refractivity (Wildman–Crippen MR) is 138 cm³/mol. The number of alkyl halides is 6. The number of fused-ring (bicyclic) bond motifs is 1. The van der Waals surface area contributed by atoms with Gasteiger partial charge in [0.25, 0.3) is 5.91 Å². The molecule has 15 heteroatoms. The van der Waals surface area contributed by atoms with E-state index in [1.807, 2.05) is 0 Å². The van der Waals surface area contributed by atoms with E-state index in [2.05, 4.69) is 20.7 Å². The van der Waals surface area contributed by atoms with Gasteiger partial charge in [-0.1, -0.05) is 11.6 Å². The van der Waals surface area contributed by atoms with Gasteiger partial charge in [-0.15, -0.1) is 0 Å². The average molecular weight is 603 g/mol. The van der Waals surface area contributed by atoms with E-state index in [1.54, 1.807) is 0 Å². The number of anilines is 1. The highest BCUT2D eigenvalue weighted by Crippen LogP contribution is 2.41. The Kier molecular flexibility index (Phi) is 7.55. The number of pyridine rings is 1. The standard InChI is InChI=1S/C26H25ClF6N6O2/c1-13(40)38-9-16(34-21-8-22(26(31,32)33)36-20-5-4-15(27)6-18(20)21)7-17(10-38)35-24(41)19-11-39(12-25(28,29)30)37-23(19)14-2-3-14/h4-6,8,11,14,16-17H,2-3,7,9-10,12H2,1H3,(H,34,36)(H,35,41)/t16-,17+/m1/s1. The highest BCUT2D eigenvalue weighted by atomic mass is 35.5. The second-order valence-electron chi connectivity index (χ2n) is 10.4. The SMILES string of the molecule is CC(=O)N1C[C@@H](NC(=O)c2cn(CC(F)(F)F)nc2C2CC2)C[C@@H](Nc2cc(C(F)(F)F)nc3ccc(Cl)cc23)C1. The number of nitrogens with zero attached hydrogens (tertiary/aromatic N) is 4. The monoisotopic (exact) mass is 602 g/mol. The zero-order valence-electron chi connectivity index (χ0n) is 21.6. The highest BCUT2D eigenvalue weighted by molar-refractivity contribution is 6.31. The number of rotatable bonds is 6. The van der Waals surface area contributed by atoms with E-state index in [4.69, 9.17) is 11.6 Å². The lowest BCUT2D eigenvalue weighted by Gasteiger charge is -2.38. The van der Waals surface area contributed by atoms with Crippen LogP contribution in [0.3, 0.4) is 0 Å². The molecule has 2 aliphatic rings. The summed E-state index contributed by atoms with van der Waals surface area (Å²) in [5.74, 6) is -1.05. The van der Waals surface area contributed by atoms with Gasteiger partial charge in [0, 0.05) is 60.3 Å². The van der Waals surface area contributed by atoms with Crippen molar-refractivity contribution in [1.29, 1.82) is 0 Å². The molecule has 2 amide bonds. The summed E-state index contributed by atoms with van der Waals surface area (Å²) in [4.78, 5) is 30.7. The molecule has 8 nitrogen and oxygen atoms in total. The smallest absolute Gasteiger partial charge is 0.380 e. The Morgan fingerprint density at radius 3 is 2.41 bits per heavy atom. The van der Waals surface area contributed by atoms with Crippen LogP contribution in [0.4, 0.5) is 32.0 Å². The highest BCUT2D eigenvalue weighted by Gasteiger charge is 2.37. The molecule has 2 fully saturated rings. The van der Waals surface area contributed by atoms with Gasteiger partial charge in [-0.05, 0) is 43.5 Å². The van der Waals surface area contributed by atoms with E-state index < -0.39 is 42.6 Å². The van der Waals surface area contributed by atoms with Crippen LogP contribution in [0.2, 0.25) is 5.02 Å². The van der Waals surface area contributed by atoms with Crippen molar-refractivity contribution < 1.29 is 35.9 Å². The molecule has 5 rings (SSSR count). The number of piperidine rings is 1. The Morgan fingerprint density at radius 1 is 1.07 bits per heavy atom. The Bertz CT molecular complexity index is 1490. The van der Waals surface area contributed by atoms with Crippen LogP contribution in [-0.2, 0) is 17.5 Å². The van der Waals surface area contributed by atoms with E-state index in [-0.39, 0.29) is 48.1 Å². The lowest BCUT2D eigenvalue weighted by Crippen LogP contribution is -2.55. The molecule has 1 aliphatic carbocycles. The molecule has 2 aromatic heterocycles. The Hall–Kier alpha value is -3.55. The molecule has 1 aliphatic heterocycles. The number of likely N-dealkylation sites (tertiary alicyclic amines) is 1. The van der Waals surface area contributed by atoms with Crippen LogP contribution in [0, 0.1) is 0 Å². The van der Waals surface area contributed by atoms with Crippen LogP contribution in [0.1, 0.15) is 53.8 Å². The molecule has 2 atom stereocenters. The van der Waals surface area contributed by atoms with E-state index in [1.165, 1.54) is 30.0 Å². The number of carbonyl (C=O) groups is 2. The van der Waals surface area contributed by atoms with Crippen molar-refractivity contribution in [1.82, 2.24) is 25.0 Å². The largest absolute Gasteiger partial charge is 0.433 e. The average Bonchev–Trinajstić information content (AvgIpc) is 3.62. The number of benzene rings is 1. The quantitative estimate of drug-likeness (QED) is 0.370. The molecule has 3 heterocycles. The molecule has 3 aromatic rings. The van der Waals surface area contributed by atoms with E-state index in [9.17, 15) is 35.9 Å². The normalized spacial score (nSPS) is 19.9. The van der Waals surface area contributed by atoms with Crippen LogP contribution in [0.25, 0.3) is 10.9 Å². The first kappa shape index (κ1) is 29.0. The van der Waals surface area contributed by atoms with Crippen LogP contribution in [0.5, 0.6) is 0 Å². The second kappa shape index (κ2) is 10.7. The van der Waals surface area contributed by atoms with E-state index in [0.29, 0.717) is 33.6 Å². The Balaban J connectivity index is 1.39. The van der Waals surface area contributed by atoms with Crippen molar-refractivity contribution in [2.24, 2.45) is 0 Å². The number of hydrogen-bond donors (Lipinski definition) is 2. The van der Waals surface area contributed by atoms with Gasteiger partial charge < -0.3 is 15.5 Å². The Labute approximate surface area is 235 Å². The molecule has 1 saturated carbocycles. The van der Waals surface area contributed by atoms with Crippen molar-refractivity contribution in [3.05, 3.63) is 52.4 Å². The molecular weight excluding hydrogens is 578 g/mol. The third-order valence-electron chi connectivity index (χ3n) is 6.99. The molecule has 1 aromatic carbocycles. The third-order valence-corrected chi connectivity index (χ3v) is 7.23. The lowest BCUT2D eigenvalue weighted by atomic mass is 9.99. The minimum atomic E-state index is -4.71. The summed E-state index contributed by atoms with van der Waals surface area (Å²) in [6, 6.07) is 3.93. The van der Waals surface area contributed by atoms with Crippen molar-refractivity contribution in [2.45, 2.75) is 63.1 Å². The second-order valence-corrected chi connectivity index (χ2v) is 10.8. The fourth-order valence-electron chi connectivity index (χ4n) is 5.05. The molecular formula is C26H25ClF6N6O2. The first-order valence-corrected chi connectivity index (χ1v) is 13.2. The number of amides is 2. The fourth-order valence-corrected chi connectivity index (χ4v) is 5.22. The van der Waals surface area contributed by atoms with E-state index in [0.717, 1.165) is 12.3 Å².